The van der Waals surface area contributed by atoms with Crippen LogP contribution < -0.4 is 16.0 Å². The first-order valence-corrected chi connectivity index (χ1v) is 23.4. The van der Waals surface area contributed by atoms with Gasteiger partial charge in [-0.25, -0.2) is 4.39 Å². The summed E-state index contributed by atoms with van der Waals surface area (Å²) in [6, 6.07) is 29.8. The van der Waals surface area contributed by atoms with Crippen LogP contribution in [0.1, 0.15) is 93.8 Å². The van der Waals surface area contributed by atoms with Crippen LogP contribution in [0.3, 0.4) is 0 Å². The van der Waals surface area contributed by atoms with E-state index in [1.807, 2.05) is 66.9 Å². The highest BCUT2D eigenvalue weighted by Gasteiger charge is 2.65. The highest BCUT2D eigenvalue weighted by molar-refractivity contribution is 6.31. The van der Waals surface area contributed by atoms with E-state index in [1.165, 1.54) is 19.1 Å². The first kappa shape index (κ1) is 51.5. The number of aliphatic carboxylic acids is 2. The number of amides is 2. The molecule has 0 bridgehead atoms. The first-order chi connectivity index (χ1) is 32.4. The van der Waals surface area contributed by atoms with Crippen molar-refractivity contribution in [3.63, 3.8) is 0 Å². The molecule has 6 rings (SSSR count). The number of nitrogens with zero attached hydrogens (tertiary/aromatic N) is 1. The molecular weight excluding hydrogens is 891 g/mol. The molecule has 0 spiro atoms. The van der Waals surface area contributed by atoms with Crippen LogP contribution in [-0.4, -0.2) is 92.8 Å². The molecule has 7 atom stereocenters. The Kier molecular flexibility index (Phi) is 17.0. The summed E-state index contributed by atoms with van der Waals surface area (Å²) in [5, 5.41) is 53.0. The van der Waals surface area contributed by atoms with Crippen LogP contribution in [0.2, 0.25) is 5.02 Å². The zero-order valence-corrected chi connectivity index (χ0v) is 39.8. The van der Waals surface area contributed by atoms with Crippen molar-refractivity contribution in [3.8, 4) is 22.4 Å². The van der Waals surface area contributed by atoms with E-state index >= 15 is 0 Å². The second kappa shape index (κ2) is 22.5. The van der Waals surface area contributed by atoms with Crippen molar-refractivity contribution < 1.29 is 48.7 Å². The first-order valence-electron chi connectivity index (χ1n) is 23.1. The van der Waals surface area contributed by atoms with E-state index < -0.39 is 64.7 Å². The molecule has 2 heterocycles. The summed E-state index contributed by atoms with van der Waals surface area (Å²) in [5.74, 6) is -4.79. The zero-order valence-electron chi connectivity index (χ0n) is 39.0. The number of hydrogen-bond acceptors (Lipinski definition) is 8. The minimum atomic E-state index is -1.64. The molecule has 0 aliphatic carbocycles. The number of carboxylic acid groups (broad SMARTS) is 2. The number of halogens is 2. The van der Waals surface area contributed by atoms with Crippen molar-refractivity contribution in [2.75, 3.05) is 25.1 Å². The number of para-hydroxylation sites is 1. The third-order valence-electron chi connectivity index (χ3n) is 13.5. The Hall–Kier alpha value is -5.90. The van der Waals surface area contributed by atoms with E-state index in [0.29, 0.717) is 39.3 Å². The quantitative estimate of drug-likeness (QED) is 0.0349. The van der Waals surface area contributed by atoms with Gasteiger partial charge in [0, 0.05) is 53.1 Å². The fourth-order valence-electron chi connectivity index (χ4n) is 10.1. The largest absolute Gasteiger partial charge is 0.481 e. The Morgan fingerprint density at radius 2 is 1.50 bits per heavy atom. The minimum Gasteiger partial charge on any atom is -0.481 e. The minimum absolute atomic E-state index is 0.00876. The predicted octanol–water partition coefficient (Wildman–Crippen LogP) is 8.73. The molecule has 1 aliphatic heterocycles. The highest BCUT2D eigenvalue weighted by atomic mass is 35.5. The lowest BCUT2D eigenvalue weighted by Gasteiger charge is -2.56. The summed E-state index contributed by atoms with van der Waals surface area (Å²) in [5.41, 5.74) is 1.77. The number of benzene rings is 4. The van der Waals surface area contributed by atoms with Crippen molar-refractivity contribution in [1.29, 1.82) is 0 Å². The molecule has 1 saturated heterocycles. The van der Waals surface area contributed by atoms with Gasteiger partial charge in [0.05, 0.1) is 53.9 Å². The lowest BCUT2D eigenvalue weighted by molar-refractivity contribution is -0.174. The monoisotopic (exact) mass is 952 g/mol. The fraction of sp³-hybridized carbons (Fsp3) is 0.396. The third kappa shape index (κ3) is 10.8. The van der Waals surface area contributed by atoms with Gasteiger partial charge in [0.25, 0.3) is 5.91 Å². The number of nitrogens with one attached hydrogen (secondary N) is 3. The number of aliphatic hydroxyl groups excluding tert-OH is 2. The zero-order chi connectivity index (χ0) is 49.3. The molecule has 4 aromatic carbocycles. The summed E-state index contributed by atoms with van der Waals surface area (Å²) >= 11 is 6.62. The van der Waals surface area contributed by atoms with E-state index in [1.54, 1.807) is 62.4 Å². The Morgan fingerprint density at radius 1 is 0.868 bits per heavy atom. The number of piperidine rings is 1. The van der Waals surface area contributed by atoms with Crippen LogP contribution in [0.5, 0.6) is 0 Å². The molecule has 5 aromatic rings. The van der Waals surface area contributed by atoms with E-state index in [2.05, 4.69) is 16.0 Å². The van der Waals surface area contributed by atoms with Crippen molar-refractivity contribution in [1.82, 2.24) is 15.2 Å². The summed E-state index contributed by atoms with van der Waals surface area (Å²) in [4.78, 5) is 53.6. The average molecular weight is 954 g/mol. The number of aromatic nitrogens is 1. The van der Waals surface area contributed by atoms with Crippen LogP contribution >= 0.6 is 11.6 Å². The summed E-state index contributed by atoms with van der Waals surface area (Å²) < 4.78 is 22.3. The second-order valence-corrected chi connectivity index (χ2v) is 18.5. The van der Waals surface area contributed by atoms with Crippen LogP contribution in [0.4, 0.5) is 10.1 Å². The molecule has 7 N–H and O–H groups in total. The lowest BCUT2D eigenvalue weighted by Crippen LogP contribution is -2.70. The van der Waals surface area contributed by atoms with Crippen molar-refractivity contribution in [2.24, 2.45) is 10.8 Å². The molecule has 0 saturated carbocycles. The Labute approximate surface area is 401 Å². The van der Waals surface area contributed by atoms with Gasteiger partial charge in [-0.05, 0) is 98.2 Å². The van der Waals surface area contributed by atoms with Gasteiger partial charge in [-0.1, -0.05) is 99.1 Å². The maximum Gasteiger partial charge on any atom is 0.311 e. The topological polar surface area (TPSA) is 199 Å². The number of aliphatic hydroxyl groups is 2. The number of ether oxygens (including phenoxy) is 1. The molecule has 1 fully saturated rings. The summed E-state index contributed by atoms with van der Waals surface area (Å²) in [6.45, 7) is 9.04. The number of hydrogen-bond donors (Lipinski definition) is 7. The molecule has 1 aromatic heterocycles. The normalized spacial score (nSPS) is 21.2. The Balaban J connectivity index is 1.12. The SMILES string of the molecule is CCC1(C(=O)O)C(COCCNC(=O)CC(O)CC(O)CCn2c(-c3ccc(F)cc3)c(-c3ccccc3)c(C(=O)Nc3ccccc3)c2C(C)C)NC(C)C(C)(C(=O)O)[C@@H]1c1ccccc1Cl. The molecule has 13 nitrogen and oxygen atoms in total. The van der Waals surface area contributed by atoms with E-state index in [9.17, 15) is 44.0 Å². The van der Waals surface area contributed by atoms with Gasteiger partial charge in [0.2, 0.25) is 5.91 Å². The molecule has 15 heteroatoms. The molecular formula is C53H62ClFN4O9. The second-order valence-electron chi connectivity index (χ2n) is 18.1. The molecule has 0 radical (unpaired) electrons. The van der Waals surface area contributed by atoms with Crippen LogP contribution in [0.25, 0.3) is 22.4 Å². The van der Waals surface area contributed by atoms with Gasteiger partial charge < -0.3 is 45.7 Å². The molecule has 1 aliphatic rings. The number of carbonyl (C=O) groups excluding carboxylic acids is 2. The number of carbonyl (C=O) groups is 4. The van der Waals surface area contributed by atoms with Crippen molar-refractivity contribution in [3.05, 3.63) is 137 Å². The van der Waals surface area contributed by atoms with Gasteiger partial charge in [-0.2, -0.15) is 0 Å². The molecule has 68 heavy (non-hydrogen) atoms. The summed E-state index contributed by atoms with van der Waals surface area (Å²) in [6.07, 6.45) is -2.48. The molecule has 2 amide bonds. The van der Waals surface area contributed by atoms with Gasteiger partial charge in [0.15, 0.2) is 0 Å². The maximum absolute atomic E-state index is 14.4. The Bertz CT molecular complexity index is 2540. The number of carboxylic acids is 2. The number of rotatable bonds is 21. The van der Waals surface area contributed by atoms with E-state index in [4.69, 9.17) is 16.3 Å². The van der Waals surface area contributed by atoms with Gasteiger partial charge in [-0.15, -0.1) is 0 Å². The average Bonchev–Trinajstić information content (AvgIpc) is 3.66. The third-order valence-corrected chi connectivity index (χ3v) is 13.9. The lowest BCUT2D eigenvalue weighted by atomic mass is 9.51. The van der Waals surface area contributed by atoms with Gasteiger partial charge >= 0.3 is 11.9 Å². The van der Waals surface area contributed by atoms with Crippen LogP contribution in [-0.2, 0) is 25.7 Å². The van der Waals surface area contributed by atoms with Gasteiger partial charge in [0.1, 0.15) is 5.82 Å². The van der Waals surface area contributed by atoms with E-state index in [-0.39, 0.29) is 68.8 Å². The van der Waals surface area contributed by atoms with Crippen LogP contribution in [0, 0.1) is 16.6 Å². The van der Waals surface area contributed by atoms with Crippen LogP contribution in [0.15, 0.2) is 109 Å². The van der Waals surface area contributed by atoms with Crippen molar-refractivity contribution >= 4 is 41.0 Å². The number of anilines is 1. The predicted molar refractivity (Wildman–Crippen MR) is 260 cm³/mol. The fourth-order valence-corrected chi connectivity index (χ4v) is 10.3. The van der Waals surface area contributed by atoms with E-state index in [0.717, 1.165) is 5.56 Å². The Morgan fingerprint density at radius 3 is 2.10 bits per heavy atom. The smallest absolute Gasteiger partial charge is 0.311 e. The summed E-state index contributed by atoms with van der Waals surface area (Å²) in [7, 11) is 0. The standard InChI is InChI=1S/C53H62ClFN4O9/c1-6-53(51(66)67)42(57-33(4)52(5,50(64)65)48(53)40-19-13-14-20-41(40)54)31-68-28-26-56-43(62)30-39(61)29-38(60)25-27-59-46(32(2)3)45(49(63)58-37-17-11-8-12-18-37)44(34-15-9-7-10-16-34)47(59)35-21-23-36(55)24-22-35/h7-24,32-33,38-39,42,48,57,60-61H,6,25-31H2,1-5H3,(H,56,62)(H,58,63)(H,64,65)(H,66,67)/t33?,38?,39?,42?,48-,52?,53?/m0/s1. The highest BCUT2D eigenvalue weighted by Crippen LogP contribution is 2.58. The van der Waals surface area contributed by atoms with Crippen molar-refractivity contribution in [2.45, 2.75) is 103 Å². The molecule has 6 unspecified atom stereocenters. The molecule has 362 valence electrons. The van der Waals surface area contributed by atoms with Gasteiger partial charge in [-0.3, -0.25) is 19.2 Å². The maximum atomic E-state index is 14.4.